The molecule has 6 nitrogen and oxygen atoms in total. The van der Waals surface area contributed by atoms with Crippen LogP contribution in [0.4, 0.5) is 5.69 Å². The highest BCUT2D eigenvalue weighted by molar-refractivity contribution is 5.85. The van der Waals surface area contributed by atoms with Gasteiger partial charge in [-0.1, -0.05) is 18.2 Å². The molecular weight excluding hydrogens is 344 g/mol. The van der Waals surface area contributed by atoms with Crippen molar-refractivity contribution in [3.05, 3.63) is 29.8 Å². The normalized spacial score (nSPS) is 40.6. The number of rotatable bonds is 2. The number of nitrogens with one attached hydrogen (secondary N) is 1. The Kier molecular flexibility index (Phi) is 3.18. The van der Waals surface area contributed by atoms with E-state index in [1.807, 2.05) is 23.1 Å². The van der Waals surface area contributed by atoms with Gasteiger partial charge in [-0.3, -0.25) is 9.59 Å². The van der Waals surface area contributed by atoms with Crippen LogP contribution in [0.2, 0.25) is 0 Å². The van der Waals surface area contributed by atoms with Crippen molar-refractivity contribution >= 4 is 23.9 Å². The molecule has 6 rings (SSSR count). The second-order valence-corrected chi connectivity index (χ2v) is 8.61. The predicted octanol–water partition coefficient (Wildman–Crippen LogP) is 1.88. The van der Waals surface area contributed by atoms with Crippen LogP contribution in [0.1, 0.15) is 38.2 Å². The summed E-state index contributed by atoms with van der Waals surface area (Å²) >= 11 is 0. The van der Waals surface area contributed by atoms with Crippen molar-refractivity contribution < 1.29 is 19.1 Å². The Balaban J connectivity index is 1.82. The lowest BCUT2D eigenvalue weighted by atomic mass is 9.40. The van der Waals surface area contributed by atoms with Crippen LogP contribution in [-0.4, -0.2) is 48.3 Å². The van der Waals surface area contributed by atoms with Crippen molar-refractivity contribution in [3.63, 3.8) is 0 Å². The summed E-state index contributed by atoms with van der Waals surface area (Å²) in [7, 11) is 1.41. The standard InChI is InChI=1S/C21H24N2O4/c1-13(25)23-10-9-20-14-5-3-4-6-16(14)22-21(20)8-7-19(12-24,18(20)23)11-15(21)17(26)27-2/h3-6,12,15,18,22H,7-11H2,1-2H3. The van der Waals surface area contributed by atoms with Gasteiger partial charge < -0.3 is 19.7 Å². The molecule has 1 N–H and O–H groups in total. The minimum atomic E-state index is -0.706. The Labute approximate surface area is 158 Å². The van der Waals surface area contributed by atoms with Crippen molar-refractivity contribution in [3.8, 4) is 0 Å². The molecule has 0 radical (unpaired) electrons. The van der Waals surface area contributed by atoms with Gasteiger partial charge in [0.15, 0.2) is 0 Å². The fourth-order valence-corrected chi connectivity index (χ4v) is 7.08. The van der Waals surface area contributed by atoms with E-state index in [2.05, 4.69) is 11.4 Å². The van der Waals surface area contributed by atoms with Gasteiger partial charge in [-0.25, -0.2) is 0 Å². The number of benzene rings is 1. The number of esters is 1. The van der Waals surface area contributed by atoms with Gasteiger partial charge in [-0.2, -0.15) is 0 Å². The number of hydrogen-bond acceptors (Lipinski definition) is 5. The maximum absolute atomic E-state index is 12.8. The van der Waals surface area contributed by atoms with Gasteiger partial charge in [-0.05, 0) is 37.3 Å². The van der Waals surface area contributed by atoms with Crippen LogP contribution in [0.25, 0.3) is 0 Å². The van der Waals surface area contributed by atoms with Crippen LogP contribution in [0, 0.1) is 11.3 Å². The maximum Gasteiger partial charge on any atom is 0.311 e. The highest BCUT2D eigenvalue weighted by atomic mass is 16.5. The van der Waals surface area contributed by atoms with Crippen molar-refractivity contribution in [2.45, 2.75) is 49.6 Å². The third-order valence-electron chi connectivity index (χ3n) is 7.92. The smallest absolute Gasteiger partial charge is 0.311 e. The molecule has 2 aliphatic heterocycles. The quantitative estimate of drug-likeness (QED) is 0.637. The molecule has 142 valence electrons. The van der Waals surface area contributed by atoms with Crippen LogP contribution < -0.4 is 5.32 Å². The summed E-state index contributed by atoms with van der Waals surface area (Å²) < 4.78 is 5.18. The van der Waals surface area contributed by atoms with Crippen LogP contribution in [-0.2, 0) is 24.5 Å². The molecule has 5 aliphatic rings. The number of hydrogen-bond donors (Lipinski definition) is 1. The van der Waals surface area contributed by atoms with Crippen molar-refractivity contribution in [1.29, 1.82) is 0 Å². The number of ether oxygens (including phenoxy) is 1. The first kappa shape index (κ1) is 16.8. The topological polar surface area (TPSA) is 75.7 Å². The highest BCUT2D eigenvalue weighted by Crippen LogP contribution is 2.71. The lowest BCUT2D eigenvalue weighted by molar-refractivity contribution is -0.169. The molecule has 2 spiro atoms. The van der Waals surface area contributed by atoms with Crippen molar-refractivity contribution in [2.75, 3.05) is 19.0 Å². The Morgan fingerprint density at radius 3 is 2.74 bits per heavy atom. The zero-order valence-electron chi connectivity index (χ0n) is 15.7. The van der Waals surface area contributed by atoms with Gasteiger partial charge in [0.05, 0.1) is 24.6 Å². The van der Waals surface area contributed by atoms with E-state index in [-0.39, 0.29) is 17.9 Å². The average molecular weight is 368 g/mol. The van der Waals surface area contributed by atoms with E-state index in [0.29, 0.717) is 19.4 Å². The zero-order valence-corrected chi connectivity index (χ0v) is 15.7. The Hall–Kier alpha value is -2.37. The molecule has 1 aromatic rings. The lowest BCUT2D eigenvalue weighted by Crippen LogP contribution is -2.76. The van der Waals surface area contributed by atoms with E-state index in [9.17, 15) is 14.4 Å². The first-order valence-electron chi connectivity index (χ1n) is 9.65. The van der Waals surface area contributed by atoms with E-state index < -0.39 is 22.3 Å². The fourth-order valence-electron chi connectivity index (χ4n) is 7.08. The largest absolute Gasteiger partial charge is 0.469 e. The molecule has 1 saturated heterocycles. The summed E-state index contributed by atoms with van der Waals surface area (Å²) in [4.78, 5) is 39.7. The van der Waals surface area contributed by atoms with Crippen LogP contribution in [0.3, 0.4) is 0 Å². The number of para-hydroxylation sites is 1. The second-order valence-electron chi connectivity index (χ2n) is 8.61. The van der Waals surface area contributed by atoms with E-state index in [1.54, 1.807) is 6.92 Å². The van der Waals surface area contributed by atoms with Gasteiger partial charge in [0.25, 0.3) is 0 Å². The van der Waals surface area contributed by atoms with E-state index in [1.165, 1.54) is 7.11 Å². The van der Waals surface area contributed by atoms with Crippen molar-refractivity contribution in [1.82, 2.24) is 4.90 Å². The minimum absolute atomic E-state index is 0.000186. The molecule has 2 heterocycles. The molecule has 5 atom stereocenters. The molecule has 5 unspecified atom stereocenters. The number of fused-ring (bicyclic) bond motifs is 3. The van der Waals surface area contributed by atoms with Gasteiger partial charge >= 0.3 is 5.97 Å². The fraction of sp³-hybridized carbons (Fsp3) is 0.571. The number of nitrogens with zero attached hydrogens (tertiary/aromatic N) is 1. The minimum Gasteiger partial charge on any atom is -0.469 e. The molecule has 0 aromatic heterocycles. The number of likely N-dealkylation sites (tertiary alicyclic amines) is 1. The third-order valence-corrected chi connectivity index (χ3v) is 7.92. The van der Waals surface area contributed by atoms with Crippen LogP contribution in [0.15, 0.2) is 24.3 Å². The zero-order chi connectivity index (χ0) is 19.0. The SMILES string of the molecule is COC(=O)C1CC2(C=O)CCC13Nc1ccccc1C31CCN(C(C)=O)C21. The van der Waals surface area contributed by atoms with Gasteiger partial charge in [0, 0.05) is 30.0 Å². The second kappa shape index (κ2) is 5.12. The first-order chi connectivity index (χ1) is 13.0. The average Bonchev–Trinajstić information content (AvgIpc) is 3.24. The van der Waals surface area contributed by atoms with Gasteiger partial charge in [0.1, 0.15) is 6.29 Å². The monoisotopic (exact) mass is 368 g/mol. The molecular formula is C21H24N2O4. The summed E-state index contributed by atoms with van der Waals surface area (Å²) in [5, 5.41) is 3.71. The Morgan fingerprint density at radius 1 is 1.26 bits per heavy atom. The van der Waals surface area contributed by atoms with Crippen LogP contribution in [0.5, 0.6) is 0 Å². The first-order valence-corrected chi connectivity index (χ1v) is 9.65. The predicted molar refractivity (Wildman–Crippen MR) is 98.1 cm³/mol. The third kappa shape index (κ3) is 1.66. The highest BCUT2D eigenvalue weighted by Gasteiger charge is 2.79. The summed E-state index contributed by atoms with van der Waals surface area (Å²) in [5.41, 5.74) is 0.500. The molecule has 1 aromatic carbocycles. The van der Waals surface area contributed by atoms with Gasteiger partial charge in [0.2, 0.25) is 5.91 Å². The number of amides is 1. The number of methoxy groups -OCH3 is 1. The summed E-state index contributed by atoms with van der Waals surface area (Å²) in [6.45, 7) is 2.19. The molecule has 27 heavy (non-hydrogen) atoms. The number of anilines is 1. The Morgan fingerprint density at radius 2 is 2.04 bits per heavy atom. The van der Waals surface area contributed by atoms with E-state index in [4.69, 9.17) is 4.74 Å². The number of aldehydes is 1. The van der Waals surface area contributed by atoms with Crippen LogP contribution >= 0.6 is 0 Å². The van der Waals surface area contributed by atoms with Gasteiger partial charge in [-0.15, -0.1) is 0 Å². The molecule has 2 bridgehead atoms. The number of carbonyl (C=O) groups is 3. The number of carbonyl (C=O) groups excluding carboxylic acids is 3. The van der Waals surface area contributed by atoms with E-state index >= 15 is 0 Å². The molecule has 3 aliphatic carbocycles. The molecule has 4 fully saturated rings. The van der Waals surface area contributed by atoms with E-state index in [0.717, 1.165) is 30.4 Å². The molecule has 3 saturated carbocycles. The summed E-state index contributed by atoms with van der Waals surface area (Å²) in [5.74, 6) is -0.669. The lowest BCUT2D eigenvalue weighted by Gasteiger charge is -2.65. The molecule has 1 amide bonds. The molecule has 6 heteroatoms. The maximum atomic E-state index is 12.8. The van der Waals surface area contributed by atoms with Crippen molar-refractivity contribution in [2.24, 2.45) is 11.3 Å². The Bertz CT molecular complexity index is 869. The summed E-state index contributed by atoms with van der Waals surface area (Å²) in [6.07, 6.45) is 3.62. The summed E-state index contributed by atoms with van der Waals surface area (Å²) in [6, 6.07) is 7.91.